The molecule has 0 saturated heterocycles. The van der Waals surface area contributed by atoms with E-state index in [1.54, 1.807) is 48.6 Å². The highest BCUT2D eigenvalue weighted by atomic mass is 32.1. The van der Waals surface area contributed by atoms with Crippen LogP contribution in [0.4, 0.5) is 0 Å². The van der Waals surface area contributed by atoms with Gasteiger partial charge < -0.3 is 14.4 Å². The lowest BCUT2D eigenvalue weighted by Gasteiger charge is -2.18. The topological polar surface area (TPSA) is 38.8 Å². The van der Waals surface area contributed by atoms with E-state index >= 15 is 0 Å². The number of nitrogens with zero attached hydrogens (tertiary/aromatic N) is 1. The first-order valence-electron chi connectivity index (χ1n) is 8.30. The Labute approximate surface area is 157 Å². The van der Waals surface area contributed by atoms with Gasteiger partial charge in [0.25, 0.3) is 5.91 Å². The number of benzene rings is 2. The Morgan fingerprint density at radius 2 is 1.85 bits per heavy atom. The van der Waals surface area contributed by atoms with E-state index in [0.717, 1.165) is 10.4 Å². The lowest BCUT2D eigenvalue weighted by molar-refractivity contribution is 0.0786. The number of methoxy groups -OCH3 is 1. The number of amides is 1. The predicted molar refractivity (Wildman–Crippen MR) is 104 cm³/mol. The van der Waals surface area contributed by atoms with Crippen LogP contribution in [-0.2, 0) is 13.2 Å². The molecule has 1 heterocycles. The molecule has 0 fully saturated rings. The number of carbonyl (C=O) groups excluding carboxylic acids is 1. The second kappa shape index (κ2) is 8.54. The summed E-state index contributed by atoms with van der Waals surface area (Å²) >= 11 is 1.64. The van der Waals surface area contributed by atoms with Crippen LogP contribution in [0.1, 0.15) is 20.8 Å². The Hall–Kier alpha value is -2.79. The van der Waals surface area contributed by atoms with Crippen LogP contribution in [0, 0.1) is 0 Å². The molecule has 0 aliphatic carbocycles. The molecule has 0 aliphatic heterocycles. The number of rotatable bonds is 7. The molecule has 0 N–H and O–H groups in total. The zero-order valence-corrected chi connectivity index (χ0v) is 15.7. The molecule has 26 heavy (non-hydrogen) atoms. The zero-order valence-electron chi connectivity index (χ0n) is 14.8. The lowest BCUT2D eigenvalue weighted by atomic mass is 10.1. The number of hydrogen-bond acceptors (Lipinski definition) is 4. The maximum absolute atomic E-state index is 12.7. The van der Waals surface area contributed by atoms with Gasteiger partial charge in [-0.05, 0) is 35.2 Å². The second-order valence-corrected chi connectivity index (χ2v) is 6.91. The van der Waals surface area contributed by atoms with E-state index in [1.807, 2.05) is 47.8 Å². The van der Waals surface area contributed by atoms with Gasteiger partial charge >= 0.3 is 0 Å². The molecule has 0 saturated carbocycles. The fourth-order valence-corrected chi connectivity index (χ4v) is 3.34. The maximum Gasteiger partial charge on any atom is 0.254 e. The van der Waals surface area contributed by atoms with Crippen LogP contribution in [-0.4, -0.2) is 25.0 Å². The van der Waals surface area contributed by atoms with Crippen molar-refractivity contribution in [3.63, 3.8) is 0 Å². The molecule has 3 aromatic rings. The first-order valence-corrected chi connectivity index (χ1v) is 9.18. The second-order valence-electron chi connectivity index (χ2n) is 5.88. The molecular formula is C21H21NO3S. The molecule has 1 aromatic heterocycles. The fraction of sp³-hybridized carbons (Fsp3) is 0.190. The van der Waals surface area contributed by atoms with E-state index in [0.29, 0.717) is 30.2 Å². The van der Waals surface area contributed by atoms with E-state index in [9.17, 15) is 4.79 Å². The average molecular weight is 367 g/mol. The smallest absolute Gasteiger partial charge is 0.254 e. The zero-order chi connectivity index (χ0) is 18.4. The van der Waals surface area contributed by atoms with E-state index in [-0.39, 0.29) is 5.91 Å². The summed E-state index contributed by atoms with van der Waals surface area (Å²) in [5.74, 6) is 1.12. The normalized spacial score (nSPS) is 10.4. The average Bonchev–Trinajstić information content (AvgIpc) is 3.19. The van der Waals surface area contributed by atoms with Gasteiger partial charge in [-0.3, -0.25) is 4.79 Å². The van der Waals surface area contributed by atoms with Crippen molar-refractivity contribution in [1.82, 2.24) is 4.90 Å². The summed E-state index contributed by atoms with van der Waals surface area (Å²) in [4.78, 5) is 15.5. The number of carbonyl (C=O) groups is 1. The van der Waals surface area contributed by atoms with Crippen molar-refractivity contribution in [2.45, 2.75) is 13.2 Å². The fourth-order valence-electron chi connectivity index (χ4n) is 2.58. The molecule has 3 rings (SSSR count). The van der Waals surface area contributed by atoms with E-state index in [2.05, 4.69) is 0 Å². The Morgan fingerprint density at radius 1 is 1.04 bits per heavy atom. The van der Waals surface area contributed by atoms with Crippen LogP contribution in [0.25, 0.3) is 0 Å². The summed E-state index contributed by atoms with van der Waals surface area (Å²) in [7, 11) is 3.38. The van der Waals surface area contributed by atoms with Gasteiger partial charge in [0.2, 0.25) is 0 Å². The summed E-state index contributed by atoms with van der Waals surface area (Å²) in [5.41, 5.74) is 1.65. The van der Waals surface area contributed by atoms with Crippen LogP contribution >= 0.6 is 11.3 Å². The van der Waals surface area contributed by atoms with Crippen LogP contribution in [0.15, 0.2) is 66.0 Å². The maximum atomic E-state index is 12.7. The van der Waals surface area contributed by atoms with Crippen molar-refractivity contribution in [3.8, 4) is 11.5 Å². The molecule has 0 spiro atoms. The van der Waals surface area contributed by atoms with Gasteiger partial charge in [-0.15, -0.1) is 11.3 Å². The molecular weight excluding hydrogens is 346 g/mol. The molecule has 0 radical (unpaired) electrons. The van der Waals surface area contributed by atoms with Crippen molar-refractivity contribution in [2.75, 3.05) is 14.2 Å². The predicted octanol–water partition coefficient (Wildman–Crippen LogP) is 4.61. The third kappa shape index (κ3) is 4.43. The van der Waals surface area contributed by atoms with Gasteiger partial charge in [0, 0.05) is 17.5 Å². The Balaban J connectivity index is 1.70. The Kier molecular flexibility index (Phi) is 5.92. The highest BCUT2D eigenvalue weighted by molar-refractivity contribution is 7.09. The van der Waals surface area contributed by atoms with Gasteiger partial charge in [-0.1, -0.05) is 36.4 Å². The lowest BCUT2D eigenvalue weighted by Crippen LogP contribution is -2.25. The number of thiophene rings is 1. The van der Waals surface area contributed by atoms with Gasteiger partial charge in [-0.2, -0.15) is 0 Å². The van der Waals surface area contributed by atoms with Crippen LogP contribution in [0.5, 0.6) is 11.5 Å². The highest BCUT2D eigenvalue weighted by Crippen LogP contribution is 2.29. The minimum absolute atomic E-state index is 0.0497. The number of hydrogen-bond donors (Lipinski definition) is 0. The third-order valence-corrected chi connectivity index (χ3v) is 4.83. The van der Waals surface area contributed by atoms with Crippen molar-refractivity contribution < 1.29 is 14.3 Å². The number of ether oxygens (including phenoxy) is 2. The molecule has 134 valence electrons. The van der Waals surface area contributed by atoms with E-state index in [4.69, 9.17) is 9.47 Å². The van der Waals surface area contributed by atoms with Gasteiger partial charge in [0.05, 0.1) is 13.7 Å². The largest absolute Gasteiger partial charge is 0.493 e. The van der Waals surface area contributed by atoms with Crippen LogP contribution in [0.2, 0.25) is 0 Å². The Bertz CT molecular complexity index is 847. The van der Waals surface area contributed by atoms with Crippen LogP contribution in [0.3, 0.4) is 0 Å². The molecule has 1 amide bonds. The van der Waals surface area contributed by atoms with Crippen molar-refractivity contribution >= 4 is 17.2 Å². The first-order chi connectivity index (χ1) is 12.7. The molecule has 5 heteroatoms. The third-order valence-electron chi connectivity index (χ3n) is 3.97. The molecule has 0 atom stereocenters. The summed E-state index contributed by atoms with van der Waals surface area (Å²) < 4.78 is 11.3. The van der Waals surface area contributed by atoms with Crippen molar-refractivity contribution in [1.29, 1.82) is 0 Å². The highest BCUT2D eigenvalue weighted by Gasteiger charge is 2.15. The van der Waals surface area contributed by atoms with Gasteiger partial charge in [-0.25, -0.2) is 0 Å². The summed E-state index contributed by atoms with van der Waals surface area (Å²) in [5, 5.41) is 2.01. The summed E-state index contributed by atoms with van der Waals surface area (Å²) in [6, 6.07) is 19.2. The monoisotopic (exact) mass is 367 g/mol. The molecule has 0 aliphatic rings. The molecule has 0 unspecified atom stereocenters. The molecule has 2 aromatic carbocycles. The minimum Gasteiger partial charge on any atom is -0.493 e. The van der Waals surface area contributed by atoms with Crippen molar-refractivity contribution in [2.24, 2.45) is 0 Å². The first kappa shape index (κ1) is 18.0. The van der Waals surface area contributed by atoms with Gasteiger partial charge in [0.1, 0.15) is 6.61 Å². The standard InChI is InChI=1S/C21H21NO3S/c1-22(14-18-9-6-12-26-18)21(23)17-10-11-19(20(13-17)24-2)25-15-16-7-4-3-5-8-16/h3-13H,14-15H2,1-2H3. The van der Waals surface area contributed by atoms with E-state index < -0.39 is 0 Å². The minimum atomic E-state index is -0.0497. The SMILES string of the molecule is COc1cc(C(=O)N(C)Cc2cccs2)ccc1OCc1ccccc1. The van der Waals surface area contributed by atoms with E-state index in [1.165, 1.54) is 0 Å². The molecule has 4 nitrogen and oxygen atoms in total. The van der Waals surface area contributed by atoms with Crippen molar-refractivity contribution in [3.05, 3.63) is 82.0 Å². The molecule has 0 bridgehead atoms. The summed E-state index contributed by atoms with van der Waals surface area (Å²) in [6.07, 6.45) is 0. The van der Waals surface area contributed by atoms with Gasteiger partial charge in [0.15, 0.2) is 11.5 Å². The summed E-state index contributed by atoms with van der Waals surface area (Å²) in [6.45, 7) is 1.04. The quantitative estimate of drug-likeness (QED) is 0.612. The Morgan fingerprint density at radius 3 is 2.54 bits per heavy atom. The van der Waals surface area contributed by atoms with Crippen LogP contribution < -0.4 is 9.47 Å².